The Balaban J connectivity index is 1.29. The number of para-hydroxylation sites is 1. The van der Waals surface area contributed by atoms with E-state index in [-0.39, 0.29) is 11.6 Å². The lowest BCUT2D eigenvalue weighted by atomic mass is 10.0. The number of fused-ring (bicyclic) bond motifs is 1. The fourth-order valence-corrected chi connectivity index (χ4v) is 4.49. The number of nitrogens with one attached hydrogen (secondary N) is 1. The number of likely N-dealkylation sites (N-methyl/N-ethyl adjacent to an activating group) is 1. The molecule has 0 saturated heterocycles. The van der Waals surface area contributed by atoms with Crippen LogP contribution in [-0.4, -0.2) is 45.6 Å². The van der Waals surface area contributed by atoms with Crippen LogP contribution >= 0.6 is 0 Å². The van der Waals surface area contributed by atoms with Crippen LogP contribution in [0.1, 0.15) is 42.0 Å². The third-order valence-corrected chi connectivity index (χ3v) is 6.62. The zero-order valence-electron chi connectivity index (χ0n) is 23.1. The minimum Gasteiger partial charge on any atom is -0.457 e. The third-order valence-electron chi connectivity index (χ3n) is 6.62. The summed E-state index contributed by atoms with van der Waals surface area (Å²) in [6.45, 7) is 3.24. The molecule has 41 heavy (non-hydrogen) atoms. The van der Waals surface area contributed by atoms with Gasteiger partial charge in [-0.1, -0.05) is 42.3 Å². The van der Waals surface area contributed by atoms with Gasteiger partial charge >= 0.3 is 0 Å². The maximum absolute atomic E-state index is 13.4. The summed E-state index contributed by atoms with van der Waals surface area (Å²) in [5.41, 5.74) is 3.21. The molecule has 8 heteroatoms. The number of amides is 2. The first-order chi connectivity index (χ1) is 19.7. The minimum absolute atomic E-state index is 0.168. The zero-order valence-corrected chi connectivity index (χ0v) is 23.1. The summed E-state index contributed by atoms with van der Waals surface area (Å²) < 4.78 is 5.82. The van der Waals surface area contributed by atoms with Gasteiger partial charge in [0.15, 0.2) is 0 Å². The molecule has 5 rings (SSSR count). The Morgan fingerprint density at radius 3 is 2.54 bits per heavy atom. The fraction of sp³-hybridized carbons (Fsp3) is 0.212. The highest BCUT2D eigenvalue weighted by Crippen LogP contribution is 2.31. The van der Waals surface area contributed by atoms with E-state index in [0.717, 1.165) is 22.4 Å². The quantitative estimate of drug-likeness (QED) is 0.350. The molecule has 0 aliphatic carbocycles. The molecule has 0 saturated carbocycles. The number of aliphatic hydroxyl groups is 1. The third kappa shape index (κ3) is 6.78. The van der Waals surface area contributed by atoms with E-state index in [1.165, 1.54) is 6.20 Å². The second-order valence-electron chi connectivity index (χ2n) is 10.3. The molecule has 2 aromatic heterocycles. The Kier molecular flexibility index (Phi) is 7.81. The highest BCUT2D eigenvalue weighted by atomic mass is 16.5. The van der Waals surface area contributed by atoms with Gasteiger partial charge in [-0.2, -0.15) is 0 Å². The molecule has 0 radical (unpaired) electrons. The van der Waals surface area contributed by atoms with Gasteiger partial charge in [-0.05, 0) is 74.1 Å². The molecule has 8 nitrogen and oxygen atoms in total. The normalized spacial score (nSPS) is 14.8. The largest absolute Gasteiger partial charge is 0.457 e. The number of hydrogen-bond donors (Lipinski definition) is 2. The topological polar surface area (TPSA) is 105 Å². The van der Waals surface area contributed by atoms with Gasteiger partial charge in [0.2, 0.25) is 5.91 Å². The molecule has 1 aliphatic rings. The molecule has 0 unspecified atom stereocenters. The number of rotatable bonds is 5. The SMILES string of the molecule is CN1C(=O)[C@H](NC(=O)c2cc(Oc3ccccc3)ccn2)CCc2ccc(-c3ccc(C#CC(C)(C)O)nc3)cc21. The first-order valence-electron chi connectivity index (χ1n) is 13.3. The van der Waals surface area contributed by atoms with E-state index in [9.17, 15) is 14.7 Å². The Labute approximate surface area is 239 Å². The molecular formula is C33H30N4O4. The van der Waals surface area contributed by atoms with Crippen molar-refractivity contribution in [2.24, 2.45) is 0 Å². The molecule has 1 aliphatic heterocycles. The minimum atomic E-state index is -1.09. The number of carbonyl (C=O) groups is 2. The highest BCUT2D eigenvalue weighted by Gasteiger charge is 2.30. The summed E-state index contributed by atoms with van der Waals surface area (Å²) in [6.07, 6.45) is 4.30. The van der Waals surface area contributed by atoms with Crippen molar-refractivity contribution in [3.63, 3.8) is 0 Å². The van der Waals surface area contributed by atoms with Crippen LogP contribution in [0.3, 0.4) is 0 Å². The van der Waals surface area contributed by atoms with Crippen molar-refractivity contribution >= 4 is 17.5 Å². The van der Waals surface area contributed by atoms with Crippen molar-refractivity contribution < 1.29 is 19.4 Å². The standard InChI is InChI=1S/C33H30N4O4/c1-33(2,40)17-15-25-13-11-24(21-35-25)23-10-9-22-12-14-28(32(39)37(3)30(22)19-23)36-31(38)29-20-27(16-18-34-29)41-26-7-5-4-6-8-26/h4-11,13,16,18-21,28,40H,12,14H2,1-3H3,(H,36,38)/t28-/m1/s1. The molecule has 1 atom stereocenters. The summed E-state index contributed by atoms with van der Waals surface area (Å²) in [4.78, 5) is 36.7. The number of aromatic nitrogens is 2. The maximum Gasteiger partial charge on any atom is 0.270 e. The summed E-state index contributed by atoms with van der Waals surface area (Å²) >= 11 is 0. The number of hydrogen-bond acceptors (Lipinski definition) is 6. The van der Waals surface area contributed by atoms with Crippen LogP contribution in [-0.2, 0) is 11.2 Å². The van der Waals surface area contributed by atoms with Gasteiger partial charge in [0.25, 0.3) is 5.91 Å². The van der Waals surface area contributed by atoms with Crippen molar-refractivity contribution in [2.75, 3.05) is 11.9 Å². The maximum atomic E-state index is 13.4. The van der Waals surface area contributed by atoms with Gasteiger partial charge in [-0.15, -0.1) is 0 Å². The van der Waals surface area contributed by atoms with Crippen molar-refractivity contribution in [1.29, 1.82) is 0 Å². The molecule has 0 fully saturated rings. The number of anilines is 1. The van der Waals surface area contributed by atoms with Crippen LogP contribution < -0.4 is 15.0 Å². The van der Waals surface area contributed by atoms with Crippen molar-refractivity contribution in [3.8, 4) is 34.5 Å². The van der Waals surface area contributed by atoms with Crippen LogP contribution in [0.4, 0.5) is 5.69 Å². The number of ether oxygens (including phenoxy) is 1. The number of aryl methyl sites for hydroxylation is 1. The Morgan fingerprint density at radius 1 is 1.02 bits per heavy atom. The molecule has 2 amide bonds. The molecule has 2 N–H and O–H groups in total. The second kappa shape index (κ2) is 11.6. The first-order valence-corrected chi connectivity index (χ1v) is 13.3. The van der Waals surface area contributed by atoms with E-state index in [2.05, 4.69) is 27.1 Å². The van der Waals surface area contributed by atoms with Crippen molar-refractivity contribution in [2.45, 2.75) is 38.3 Å². The zero-order chi connectivity index (χ0) is 29.0. The van der Waals surface area contributed by atoms with Gasteiger partial charge < -0.3 is 20.1 Å². The fourth-order valence-electron chi connectivity index (χ4n) is 4.49. The first kappa shape index (κ1) is 27.6. The Bertz CT molecular complexity index is 1630. The van der Waals surface area contributed by atoms with E-state index < -0.39 is 17.6 Å². The predicted molar refractivity (Wildman–Crippen MR) is 157 cm³/mol. The van der Waals surface area contributed by atoms with Crippen LogP contribution in [0.25, 0.3) is 11.1 Å². The van der Waals surface area contributed by atoms with E-state index in [4.69, 9.17) is 4.74 Å². The van der Waals surface area contributed by atoms with Gasteiger partial charge in [-0.25, -0.2) is 4.98 Å². The Morgan fingerprint density at radius 2 is 1.80 bits per heavy atom. The second-order valence-corrected chi connectivity index (χ2v) is 10.3. The van der Waals surface area contributed by atoms with Gasteiger partial charge in [-0.3, -0.25) is 14.6 Å². The van der Waals surface area contributed by atoms with Crippen LogP contribution in [0.2, 0.25) is 0 Å². The summed E-state index contributed by atoms with van der Waals surface area (Å²) in [5.74, 6) is 6.10. The summed E-state index contributed by atoms with van der Waals surface area (Å²) in [7, 11) is 1.72. The Hall–Kier alpha value is -5.00. The lowest BCUT2D eigenvalue weighted by Gasteiger charge is -2.22. The van der Waals surface area contributed by atoms with E-state index in [0.29, 0.717) is 30.0 Å². The van der Waals surface area contributed by atoms with Gasteiger partial charge in [0.1, 0.15) is 34.5 Å². The lowest BCUT2D eigenvalue weighted by molar-refractivity contribution is -0.120. The average molecular weight is 547 g/mol. The molecule has 0 spiro atoms. The highest BCUT2D eigenvalue weighted by molar-refractivity contribution is 6.02. The van der Waals surface area contributed by atoms with E-state index in [1.807, 2.05) is 54.6 Å². The smallest absolute Gasteiger partial charge is 0.270 e. The number of pyridine rings is 2. The van der Waals surface area contributed by atoms with Crippen LogP contribution in [0, 0.1) is 11.8 Å². The molecule has 3 heterocycles. The van der Waals surface area contributed by atoms with Crippen LogP contribution in [0.5, 0.6) is 11.5 Å². The summed E-state index contributed by atoms with van der Waals surface area (Å²) in [5, 5.41) is 12.7. The summed E-state index contributed by atoms with van der Waals surface area (Å²) in [6, 6.07) is 21.5. The molecule has 4 aromatic rings. The average Bonchev–Trinajstić information content (AvgIpc) is 3.08. The van der Waals surface area contributed by atoms with E-state index >= 15 is 0 Å². The number of carbonyl (C=O) groups excluding carboxylic acids is 2. The molecular weight excluding hydrogens is 516 g/mol. The molecule has 206 valence electrons. The predicted octanol–water partition coefficient (Wildman–Crippen LogP) is 4.77. The van der Waals surface area contributed by atoms with Gasteiger partial charge in [0, 0.05) is 36.8 Å². The lowest BCUT2D eigenvalue weighted by Crippen LogP contribution is -2.46. The monoisotopic (exact) mass is 546 g/mol. The molecule has 2 aromatic carbocycles. The van der Waals surface area contributed by atoms with Gasteiger partial charge in [0.05, 0.1) is 0 Å². The van der Waals surface area contributed by atoms with Crippen molar-refractivity contribution in [3.05, 3.63) is 102 Å². The molecule has 0 bridgehead atoms. The van der Waals surface area contributed by atoms with E-state index in [1.54, 1.807) is 50.2 Å². The van der Waals surface area contributed by atoms with Crippen molar-refractivity contribution in [1.82, 2.24) is 15.3 Å². The van der Waals surface area contributed by atoms with Crippen LogP contribution in [0.15, 0.2) is 85.2 Å². The number of nitrogens with zero attached hydrogens (tertiary/aromatic N) is 3. The number of benzene rings is 2.